The van der Waals surface area contributed by atoms with E-state index in [-0.39, 0.29) is 5.91 Å². The molecular formula is C14H19N5O. The maximum atomic E-state index is 11.9. The summed E-state index contributed by atoms with van der Waals surface area (Å²) in [4.78, 5) is 13.9. The Morgan fingerprint density at radius 1 is 1.50 bits per heavy atom. The largest absolute Gasteiger partial charge is 0.399 e. The Bertz CT molecular complexity index is 620. The number of carbonyl (C=O) groups is 1. The number of aryl methyl sites for hydroxylation is 1. The predicted molar refractivity (Wildman–Crippen MR) is 79.6 cm³/mol. The van der Waals surface area contributed by atoms with E-state index in [9.17, 15) is 4.79 Å². The van der Waals surface area contributed by atoms with Gasteiger partial charge in [-0.15, -0.1) is 0 Å². The number of rotatable bonds is 4. The van der Waals surface area contributed by atoms with Gasteiger partial charge in [0.05, 0.1) is 17.4 Å². The van der Waals surface area contributed by atoms with E-state index in [1.165, 1.54) is 0 Å². The van der Waals surface area contributed by atoms with Gasteiger partial charge in [-0.2, -0.15) is 5.10 Å². The molecule has 0 aliphatic heterocycles. The summed E-state index contributed by atoms with van der Waals surface area (Å²) in [7, 11) is 5.41. The highest BCUT2D eigenvalue weighted by Crippen LogP contribution is 2.24. The van der Waals surface area contributed by atoms with Crippen molar-refractivity contribution in [3.05, 3.63) is 41.7 Å². The number of aromatic nitrogens is 2. The van der Waals surface area contributed by atoms with Crippen molar-refractivity contribution in [2.24, 2.45) is 7.05 Å². The zero-order valence-electron chi connectivity index (χ0n) is 11.9. The number of amides is 1. The summed E-state index contributed by atoms with van der Waals surface area (Å²) in [6, 6.07) is 5.27. The number of benzene rings is 1. The van der Waals surface area contributed by atoms with Crippen LogP contribution in [0.25, 0.3) is 0 Å². The Kier molecular flexibility index (Phi) is 3.93. The van der Waals surface area contributed by atoms with Gasteiger partial charge < -0.3 is 16.0 Å². The first kappa shape index (κ1) is 13.9. The molecule has 6 heteroatoms. The fourth-order valence-electron chi connectivity index (χ4n) is 2.10. The number of nitrogens with one attached hydrogen (secondary N) is 1. The summed E-state index contributed by atoms with van der Waals surface area (Å²) in [6.07, 6.45) is 3.75. The van der Waals surface area contributed by atoms with Crippen LogP contribution in [-0.2, 0) is 13.6 Å². The summed E-state index contributed by atoms with van der Waals surface area (Å²) in [5.41, 5.74) is 8.93. The maximum absolute atomic E-state index is 11.9. The lowest BCUT2D eigenvalue weighted by Gasteiger charge is -2.21. The number of anilines is 2. The highest BCUT2D eigenvalue weighted by Gasteiger charge is 2.14. The molecule has 0 fully saturated rings. The van der Waals surface area contributed by atoms with Gasteiger partial charge in [-0.3, -0.25) is 9.48 Å². The van der Waals surface area contributed by atoms with Crippen LogP contribution in [0, 0.1) is 0 Å². The van der Waals surface area contributed by atoms with Gasteiger partial charge in [-0.1, -0.05) is 0 Å². The second kappa shape index (κ2) is 5.64. The molecule has 1 aromatic heterocycles. The molecule has 0 atom stereocenters. The Hall–Kier alpha value is -2.50. The minimum Gasteiger partial charge on any atom is -0.399 e. The van der Waals surface area contributed by atoms with Gasteiger partial charge in [0.2, 0.25) is 0 Å². The topological polar surface area (TPSA) is 76.2 Å². The van der Waals surface area contributed by atoms with Gasteiger partial charge in [0.25, 0.3) is 5.91 Å². The van der Waals surface area contributed by atoms with Gasteiger partial charge in [0.1, 0.15) is 0 Å². The van der Waals surface area contributed by atoms with Gasteiger partial charge in [0.15, 0.2) is 0 Å². The first-order valence-electron chi connectivity index (χ1n) is 6.31. The third kappa shape index (κ3) is 2.90. The molecule has 1 aromatic carbocycles. The number of nitrogens with zero attached hydrogens (tertiary/aromatic N) is 3. The standard InChI is InChI=1S/C14H19N5O/c1-16-14(20)12-5-4-11(15)6-13(12)18(2)8-10-7-17-19(3)9-10/h4-7,9H,8,15H2,1-3H3,(H,16,20). The van der Waals surface area contributed by atoms with E-state index in [1.807, 2.05) is 31.4 Å². The second-order valence-corrected chi connectivity index (χ2v) is 4.73. The summed E-state index contributed by atoms with van der Waals surface area (Å²) < 4.78 is 1.75. The Labute approximate surface area is 118 Å². The van der Waals surface area contributed by atoms with Crippen LogP contribution in [0.2, 0.25) is 0 Å². The van der Waals surface area contributed by atoms with Crippen LogP contribution in [0.3, 0.4) is 0 Å². The number of hydrogen-bond donors (Lipinski definition) is 2. The van der Waals surface area contributed by atoms with Crippen molar-refractivity contribution >= 4 is 17.3 Å². The van der Waals surface area contributed by atoms with Crippen LogP contribution < -0.4 is 16.0 Å². The number of carbonyl (C=O) groups excluding carboxylic acids is 1. The highest BCUT2D eigenvalue weighted by molar-refractivity contribution is 6.00. The van der Waals surface area contributed by atoms with Gasteiger partial charge >= 0.3 is 0 Å². The molecule has 0 saturated carbocycles. The molecule has 1 amide bonds. The number of hydrogen-bond acceptors (Lipinski definition) is 4. The van der Waals surface area contributed by atoms with Crippen LogP contribution in [0.4, 0.5) is 11.4 Å². The average Bonchev–Trinajstić information content (AvgIpc) is 2.83. The minimum atomic E-state index is -0.127. The molecule has 0 bridgehead atoms. The van der Waals surface area contributed by atoms with Crippen LogP contribution in [0.1, 0.15) is 15.9 Å². The molecule has 6 nitrogen and oxygen atoms in total. The lowest BCUT2D eigenvalue weighted by molar-refractivity contribution is 0.0963. The van der Waals surface area contributed by atoms with Crippen molar-refractivity contribution in [1.82, 2.24) is 15.1 Å². The van der Waals surface area contributed by atoms with Crippen LogP contribution >= 0.6 is 0 Å². The SMILES string of the molecule is CNC(=O)c1ccc(N)cc1N(C)Cc1cnn(C)c1. The zero-order chi connectivity index (χ0) is 14.7. The van der Waals surface area contributed by atoms with Gasteiger partial charge in [-0.05, 0) is 18.2 Å². The minimum absolute atomic E-state index is 0.127. The first-order valence-corrected chi connectivity index (χ1v) is 6.31. The van der Waals surface area contributed by atoms with Crippen molar-refractivity contribution in [2.75, 3.05) is 24.7 Å². The van der Waals surface area contributed by atoms with Crippen molar-refractivity contribution in [2.45, 2.75) is 6.54 Å². The molecule has 0 aliphatic rings. The molecule has 0 unspecified atom stereocenters. The number of nitrogens with two attached hydrogens (primary N) is 1. The summed E-state index contributed by atoms with van der Waals surface area (Å²) in [5, 5.41) is 6.78. The molecule has 2 aromatic rings. The number of nitrogen functional groups attached to an aromatic ring is 1. The van der Waals surface area contributed by atoms with E-state index in [0.29, 0.717) is 17.8 Å². The molecule has 20 heavy (non-hydrogen) atoms. The summed E-state index contributed by atoms with van der Waals surface area (Å²) >= 11 is 0. The fourth-order valence-corrected chi connectivity index (χ4v) is 2.10. The molecule has 3 N–H and O–H groups in total. The molecule has 0 saturated heterocycles. The van der Waals surface area contributed by atoms with Gasteiger partial charge in [-0.25, -0.2) is 0 Å². The fraction of sp³-hybridized carbons (Fsp3) is 0.286. The van der Waals surface area contributed by atoms with E-state index < -0.39 is 0 Å². The quantitative estimate of drug-likeness (QED) is 0.815. The van der Waals surface area contributed by atoms with Crippen molar-refractivity contribution in [3.8, 4) is 0 Å². The molecule has 0 spiro atoms. The summed E-state index contributed by atoms with van der Waals surface area (Å²) in [5.74, 6) is -0.127. The summed E-state index contributed by atoms with van der Waals surface area (Å²) in [6.45, 7) is 0.654. The van der Waals surface area contributed by atoms with E-state index >= 15 is 0 Å². The third-order valence-electron chi connectivity index (χ3n) is 3.08. The Morgan fingerprint density at radius 3 is 2.85 bits per heavy atom. The monoisotopic (exact) mass is 273 g/mol. The Balaban J connectivity index is 2.30. The smallest absolute Gasteiger partial charge is 0.253 e. The van der Waals surface area contributed by atoms with E-state index in [0.717, 1.165) is 11.3 Å². The zero-order valence-corrected chi connectivity index (χ0v) is 11.9. The molecular weight excluding hydrogens is 254 g/mol. The van der Waals surface area contributed by atoms with Crippen LogP contribution in [0.5, 0.6) is 0 Å². The maximum Gasteiger partial charge on any atom is 0.253 e. The van der Waals surface area contributed by atoms with E-state index in [2.05, 4.69) is 10.4 Å². The molecule has 0 aliphatic carbocycles. The van der Waals surface area contributed by atoms with E-state index in [1.54, 1.807) is 29.9 Å². The predicted octanol–water partition coefficient (Wildman–Crippen LogP) is 0.998. The molecule has 106 valence electrons. The Morgan fingerprint density at radius 2 is 2.25 bits per heavy atom. The lowest BCUT2D eigenvalue weighted by Crippen LogP contribution is -2.24. The third-order valence-corrected chi connectivity index (χ3v) is 3.08. The van der Waals surface area contributed by atoms with Crippen molar-refractivity contribution < 1.29 is 4.79 Å². The molecule has 1 heterocycles. The molecule has 2 rings (SSSR count). The molecule has 0 radical (unpaired) electrons. The average molecular weight is 273 g/mol. The highest BCUT2D eigenvalue weighted by atomic mass is 16.1. The van der Waals surface area contributed by atoms with E-state index in [4.69, 9.17) is 5.73 Å². The van der Waals surface area contributed by atoms with Crippen molar-refractivity contribution in [3.63, 3.8) is 0 Å². The lowest BCUT2D eigenvalue weighted by atomic mass is 10.1. The van der Waals surface area contributed by atoms with Crippen LogP contribution in [0.15, 0.2) is 30.6 Å². The second-order valence-electron chi connectivity index (χ2n) is 4.73. The van der Waals surface area contributed by atoms with Gasteiger partial charge in [0, 0.05) is 45.1 Å². The first-order chi connectivity index (χ1) is 9.51. The van der Waals surface area contributed by atoms with Crippen LogP contribution in [-0.4, -0.2) is 29.8 Å². The normalized spacial score (nSPS) is 10.3. The van der Waals surface area contributed by atoms with Crippen molar-refractivity contribution in [1.29, 1.82) is 0 Å².